The van der Waals surface area contributed by atoms with Crippen molar-refractivity contribution >= 4 is 0 Å². The summed E-state index contributed by atoms with van der Waals surface area (Å²) in [6.45, 7) is 6.29. The zero-order valence-corrected chi connectivity index (χ0v) is 11.6. The molecule has 0 bridgehead atoms. The summed E-state index contributed by atoms with van der Waals surface area (Å²) in [6.07, 6.45) is 3.76. The summed E-state index contributed by atoms with van der Waals surface area (Å²) in [7, 11) is 1.67. The van der Waals surface area contributed by atoms with Crippen LogP contribution in [-0.4, -0.2) is 70.7 Å². The van der Waals surface area contributed by atoms with Crippen molar-refractivity contribution in [3.8, 4) is 0 Å². The van der Waals surface area contributed by atoms with Crippen LogP contribution in [0.3, 0.4) is 0 Å². The Bertz CT molecular complexity index is 189. The van der Waals surface area contributed by atoms with E-state index in [1.165, 1.54) is 12.8 Å². The van der Waals surface area contributed by atoms with E-state index in [1.54, 1.807) is 7.11 Å². The first-order chi connectivity index (χ1) is 8.88. The molecule has 0 aromatic heterocycles. The van der Waals surface area contributed by atoms with Gasteiger partial charge < -0.3 is 19.9 Å². The maximum atomic E-state index is 5.56. The lowest BCUT2D eigenvalue weighted by Gasteiger charge is -2.21. The third kappa shape index (κ3) is 8.00. The Labute approximate surface area is 111 Å². The van der Waals surface area contributed by atoms with Gasteiger partial charge in [-0.05, 0) is 32.4 Å². The molecule has 1 saturated carbocycles. The van der Waals surface area contributed by atoms with Crippen molar-refractivity contribution in [3.63, 3.8) is 0 Å². The molecule has 0 atom stereocenters. The second kappa shape index (κ2) is 10.7. The quantitative estimate of drug-likeness (QED) is 0.488. The first-order valence-electron chi connectivity index (χ1n) is 6.97. The first-order valence-corrected chi connectivity index (χ1v) is 6.97. The summed E-state index contributed by atoms with van der Waals surface area (Å²) in [4.78, 5) is 2.50. The molecular formula is C13H28N2O3. The van der Waals surface area contributed by atoms with E-state index in [2.05, 4.69) is 4.90 Å². The normalized spacial score (nSPS) is 15.5. The predicted octanol–water partition coefficient (Wildman–Crippen LogP) is 0.479. The predicted molar refractivity (Wildman–Crippen MR) is 71.8 cm³/mol. The summed E-state index contributed by atoms with van der Waals surface area (Å²) in [6, 6.07) is 0.790. The summed E-state index contributed by atoms with van der Waals surface area (Å²) in [5.41, 5.74) is 5.55. The van der Waals surface area contributed by atoms with Gasteiger partial charge >= 0.3 is 0 Å². The highest BCUT2D eigenvalue weighted by atomic mass is 16.5. The monoisotopic (exact) mass is 260 g/mol. The highest BCUT2D eigenvalue weighted by Gasteiger charge is 2.27. The van der Waals surface area contributed by atoms with E-state index in [-0.39, 0.29) is 0 Å². The van der Waals surface area contributed by atoms with Crippen LogP contribution in [0.4, 0.5) is 0 Å². The van der Waals surface area contributed by atoms with Gasteiger partial charge in [0.15, 0.2) is 0 Å². The largest absolute Gasteiger partial charge is 0.382 e. The zero-order chi connectivity index (χ0) is 13.1. The number of methoxy groups -OCH3 is 1. The number of ether oxygens (including phenoxy) is 3. The lowest BCUT2D eigenvalue weighted by atomic mass is 10.3. The number of hydrogen-bond acceptors (Lipinski definition) is 5. The molecule has 0 aromatic carbocycles. The van der Waals surface area contributed by atoms with Gasteiger partial charge in [-0.2, -0.15) is 0 Å². The van der Waals surface area contributed by atoms with E-state index in [0.29, 0.717) is 26.4 Å². The second-order valence-electron chi connectivity index (χ2n) is 4.63. The van der Waals surface area contributed by atoms with Crippen LogP contribution in [-0.2, 0) is 14.2 Å². The first kappa shape index (κ1) is 15.9. The molecule has 1 rings (SSSR count). The maximum Gasteiger partial charge on any atom is 0.0701 e. The highest BCUT2D eigenvalue weighted by molar-refractivity contribution is 4.84. The van der Waals surface area contributed by atoms with Gasteiger partial charge in [0, 0.05) is 19.7 Å². The van der Waals surface area contributed by atoms with Crippen molar-refractivity contribution in [3.05, 3.63) is 0 Å². The summed E-state index contributed by atoms with van der Waals surface area (Å²) in [5.74, 6) is 0. The molecule has 1 aliphatic carbocycles. The molecule has 0 spiro atoms. The Hall–Kier alpha value is -0.200. The molecular weight excluding hydrogens is 232 g/mol. The fourth-order valence-electron chi connectivity index (χ4n) is 1.86. The molecule has 1 aliphatic rings. The molecule has 2 N–H and O–H groups in total. The van der Waals surface area contributed by atoms with Crippen LogP contribution in [0.25, 0.3) is 0 Å². The molecule has 0 aromatic rings. The molecule has 0 amide bonds. The molecule has 108 valence electrons. The van der Waals surface area contributed by atoms with Crippen LogP contribution in [0.5, 0.6) is 0 Å². The maximum absolute atomic E-state index is 5.56. The van der Waals surface area contributed by atoms with Crippen LogP contribution in [0.15, 0.2) is 0 Å². The summed E-state index contributed by atoms with van der Waals surface area (Å²) in [5, 5.41) is 0. The van der Waals surface area contributed by atoms with Crippen molar-refractivity contribution in [1.82, 2.24) is 4.90 Å². The summed E-state index contributed by atoms with van der Waals surface area (Å²) >= 11 is 0. The van der Waals surface area contributed by atoms with Crippen LogP contribution in [0, 0.1) is 0 Å². The van der Waals surface area contributed by atoms with Gasteiger partial charge in [-0.25, -0.2) is 0 Å². The highest BCUT2D eigenvalue weighted by Crippen LogP contribution is 2.26. The molecule has 0 heterocycles. The fourth-order valence-corrected chi connectivity index (χ4v) is 1.86. The Morgan fingerprint density at radius 3 is 2.28 bits per heavy atom. The zero-order valence-electron chi connectivity index (χ0n) is 11.6. The van der Waals surface area contributed by atoms with Crippen molar-refractivity contribution in [2.45, 2.75) is 25.3 Å². The molecule has 0 aliphatic heterocycles. The van der Waals surface area contributed by atoms with Crippen molar-refractivity contribution in [2.75, 3.05) is 59.8 Å². The van der Waals surface area contributed by atoms with E-state index in [4.69, 9.17) is 19.9 Å². The van der Waals surface area contributed by atoms with Crippen LogP contribution in [0.2, 0.25) is 0 Å². The van der Waals surface area contributed by atoms with Crippen LogP contribution >= 0.6 is 0 Å². The van der Waals surface area contributed by atoms with Gasteiger partial charge in [0.1, 0.15) is 0 Å². The smallest absolute Gasteiger partial charge is 0.0701 e. The van der Waals surface area contributed by atoms with E-state index >= 15 is 0 Å². The van der Waals surface area contributed by atoms with Crippen molar-refractivity contribution in [1.29, 1.82) is 0 Å². The number of nitrogens with zero attached hydrogens (tertiary/aromatic N) is 1. The summed E-state index contributed by atoms with van der Waals surface area (Å²) < 4.78 is 15.8. The van der Waals surface area contributed by atoms with E-state index in [0.717, 1.165) is 38.7 Å². The van der Waals surface area contributed by atoms with Crippen LogP contribution in [0.1, 0.15) is 19.3 Å². The molecule has 1 fully saturated rings. The minimum absolute atomic E-state index is 0.643. The molecule has 0 unspecified atom stereocenters. The lowest BCUT2D eigenvalue weighted by molar-refractivity contribution is 0.0189. The van der Waals surface area contributed by atoms with Gasteiger partial charge in [0.2, 0.25) is 0 Å². The topological polar surface area (TPSA) is 57.0 Å². The van der Waals surface area contributed by atoms with E-state index in [9.17, 15) is 0 Å². The third-order valence-electron chi connectivity index (χ3n) is 3.04. The van der Waals surface area contributed by atoms with Gasteiger partial charge in [-0.1, -0.05) is 0 Å². The van der Waals surface area contributed by atoms with E-state index < -0.39 is 0 Å². The third-order valence-corrected chi connectivity index (χ3v) is 3.04. The van der Waals surface area contributed by atoms with Crippen molar-refractivity contribution < 1.29 is 14.2 Å². The van der Waals surface area contributed by atoms with Gasteiger partial charge in [-0.15, -0.1) is 0 Å². The number of nitrogens with two attached hydrogens (primary N) is 1. The SMILES string of the molecule is COCCOCCOCCN(CCCN)C1CC1. The van der Waals surface area contributed by atoms with Crippen molar-refractivity contribution in [2.24, 2.45) is 5.73 Å². The molecule has 0 saturated heterocycles. The Morgan fingerprint density at radius 1 is 1.00 bits per heavy atom. The minimum atomic E-state index is 0.643. The van der Waals surface area contributed by atoms with Gasteiger partial charge in [0.05, 0.1) is 33.0 Å². The average molecular weight is 260 g/mol. The lowest BCUT2D eigenvalue weighted by Crippen LogP contribution is -2.32. The van der Waals surface area contributed by atoms with Crippen LogP contribution < -0.4 is 5.73 Å². The standard InChI is InChI=1S/C13H28N2O3/c1-16-9-10-18-12-11-17-8-7-15(6-2-5-14)13-3-4-13/h13H,2-12,14H2,1H3. The Balaban J connectivity index is 1.88. The Morgan fingerprint density at radius 2 is 1.67 bits per heavy atom. The number of hydrogen-bond donors (Lipinski definition) is 1. The van der Waals surface area contributed by atoms with Gasteiger partial charge in [0.25, 0.3) is 0 Å². The molecule has 0 radical (unpaired) electrons. The van der Waals surface area contributed by atoms with Gasteiger partial charge in [-0.3, -0.25) is 4.90 Å². The molecule has 5 heteroatoms. The number of rotatable bonds is 13. The fraction of sp³-hybridized carbons (Fsp3) is 1.00. The second-order valence-corrected chi connectivity index (χ2v) is 4.63. The Kier molecular flexibility index (Phi) is 9.42. The average Bonchev–Trinajstić information content (AvgIpc) is 3.20. The molecule has 18 heavy (non-hydrogen) atoms. The minimum Gasteiger partial charge on any atom is -0.382 e. The van der Waals surface area contributed by atoms with E-state index in [1.807, 2.05) is 0 Å². The molecule has 5 nitrogen and oxygen atoms in total.